The number of hydrogen-bond donors (Lipinski definition) is 1. The zero-order valence-electron chi connectivity index (χ0n) is 14.0. The average molecular weight is 349 g/mol. The molecule has 4 nitrogen and oxygen atoms in total. The van der Waals surface area contributed by atoms with Gasteiger partial charge in [-0.2, -0.15) is 0 Å². The number of benzene rings is 2. The minimum Gasteiger partial charge on any atom is -0.312 e. The zero-order chi connectivity index (χ0) is 17.2. The predicted molar refractivity (Wildman–Crippen MR) is 102 cm³/mol. The Morgan fingerprint density at radius 1 is 1.20 bits per heavy atom. The van der Waals surface area contributed by atoms with Crippen LogP contribution in [0.15, 0.2) is 54.0 Å². The van der Waals surface area contributed by atoms with E-state index in [0.29, 0.717) is 0 Å². The van der Waals surface area contributed by atoms with Crippen LogP contribution in [0.3, 0.4) is 0 Å². The molecule has 1 aliphatic rings. The number of hydrogen-bond acceptors (Lipinski definition) is 4. The lowest BCUT2D eigenvalue weighted by molar-refractivity contribution is 0.0991. The first-order valence-electron chi connectivity index (χ1n) is 8.33. The van der Waals surface area contributed by atoms with Gasteiger partial charge in [0.05, 0.1) is 0 Å². The fraction of sp³-hybridized carbons (Fsp3) is 0.200. The summed E-state index contributed by atoms with van der Waals surface area (Å²) in [5, 5.41) is 6.31. The molecule has 0 spiro atoms. The molecule has 2 aromatic carbocycles. The lowest BCUT2D eigenvalue weighted by atomic mass is 9.95. The van der Waals surface area contributed by atoms with Crippen molar-refractivity contribution in [3.05, 3.63) is 70.7 Å². The molecule has 5 heteroatoms. The third kappa shape index (κ3) is 3.08. The SMILES string of the molecule is CN(C(=O)c1cccc2c1CNCC2)c1ccc(-c2nccs2)cc1. The molecule has 0 unspecified atom stereocenters. The number of aromatic nitrogens is 1. The van der Waals surface area contributed by atoms with Gasteiger partial charge < -0.3 is 10.2 Å². The van der Waals surface area contributed by atoms with Gasteiger partial charge in [-0.3, -0.25) is 4.79 Å². The van der Waals surface area contributed by atoms with Crippen LogP contribution in [-0.2, 0) is 13.0 Å². The van der Waals surface area contributed by atoms with E-state index in [0.717, 1.165) is 46.9 Å². The Hall–Kier alpha value is -2.50. The van der Waals surface area contributed by atoms with E-state index in [9.17, 15) is 4.79 Å². The Kier molecular flexibility index (Phi) is 4.34. The molecule has 25 heavy (non-hydrogen) atoms. The fourth-order valence-electron chi connectivity index (χ4n) is 3.21. The summed E-state index contributed by atoms with van der Waals surface area (Å²) in [6.07, 6.45) is 2.78. The Balaban J connectivity index is 1.60. The smallest absolute Gasteiger partial charge is 0.258 e. The van der Waals surface area contributed by atoms with Crippen LogP contribution < -0.4 is 10.2 Å². The van der Waals surface area contributed by atoms with Crippen molar-refractivity contribution in [1.82, 2.24) is 10.3 Å². The van der Waals surface area contributed by atoms with Gasteiger partial charge in [-0.1, -0.05) is 12.1 Å². The number of carbonyl (C=O) groups is 1. The molecule has 1 amide bonds. The maximum Gasteiger partial charge on any atom is 0.258 e. The number of anilines is 1. The van der Waals surface area contributed by atoms with Crippen LogP contribution >= 0.6 is 11.3 Å². The summed E-state index contributed by atoms with van der Waals surface area (Å²) in [5.41, 5.74) is 5.14. The lowest BCUT2D eigenvalue weighted by Crippen LogP contribution is -2.31. The molecule has 1 aliphatic heterocycles. The molecule has 0 atom stereocenters. The van der Waals surface area contributed by atoms with E-state index in [1.54, 1.807) is 22.4 Å². The summed E-state index contributed by atoms with van der Waals surface area (Å²) in [6.45, 7) is 1.73. The fourth-order valence-corrected chi connectivity index (χ4v) is 3.85. The standard InChI is InChI=1S/C20H19N3OS/c1-23(16-7-5-15(6-8-16)19-22-11-12-25-19)20(24)17-4-2-3-14-9-10-21-13-18(14)17/h2-8,11-12,21H,9-10,13H2,1H3. The Morgan fingerprint density at radius 2 is 2.04 bits per heavy atom. The molecule has 0 bridgehead atoms. The molecule has 1 aromatic heterocycles. The van der Waals surface area contributed by atoms with E-state index in [1.165, 1.54) is 5.56 Å². The van der Waals surface area contributed by atoms with Crippen molar-refractivity contribution in [2.75, 3.05) is 18.5 Å². The van der Waals surface area contributed by atoms with E-state index in [1.807, 2.05) is 48.8 Å². The largest absolute Gasteiger partial charge is 0.312 e. The van der Waals surface area contributed by atoms with Gasteiger partial charge >= 0.3 is 0 Å². The minimum absolute atomic E-state index is 0.0301. The number of carbonyl (C=O) groups excluding carboxylic acids is 1. The number of rotatable bonds is 3. The molecular formula is C20H19N3OS. The van der Waals surface area contributed by atoms with Gasteiger partial charge in [-0.05, 0) is 54.4 Å². The van der Waals surface area contributed by atoms with Gasteiger partial charge in [0, 0.05) is 42.0 Å². The topological polar surface area (TPSA) is 45.2 Å². The normalized spacial score (nSPS) is 13.3. The molecular weight excluding hydrogens is 330 g/mol. The molecule has 2 heterocycles. The highest BCUT2D eigenvalue weighted by molar-refractivity contribution is 7.13. The number of nitrogens with one attached hydrogen (secondary N) is 1. The second-order valence-corrected chi connectivity index (χ2v) is 7.01. The second kappa shape index (κ2) is 6.78. The molecule has 126 valence electrons. The van der Waals surface area contributed by atoms with Crippen molar-refractivity contribution < 1.29 is 4.79 Å². The van der Waals surface area contributed by atoms with Crippen molar-refractivity contribution in [3.63, 3.8) is 0 Å². The van der Waals surface area contributed by atoms with Crippen molar-refractivity contribution in [1.29, 1.82) is 0 Å². The average Bonchev–Trinajstić information content (AvgIpc) is 3.21. The summed E-state index contributed by atoms with van der Waals surface area (Å²) in [5.74, 6) is 0.0301. The Bertz CT molecular complexity index is 888. The van der Waals surface area contributed by atoms with Gasteiger partial charge in [0.1, 0.15) is 5.01 Å². The van der Waals surface area contributed by atoms with Gasteiger partial charge in [0.2, 0.25) is 0 Å². The maximum absolute atomic E-state index is 13.0. The summed E-state index contributed by atoms with van der Waals surface area (Å²) >= 11 is 1.61. The van der Waals surface area contributed by atoms with Crippen LogP contribution in [0, 0.1) is 0 Å². The zero-order valence-corrected chi connectivity index (χ0v) is 14.8. The van der Waals surface area contributed by atoms with Gasteiger partial charge in [0.25, 0.3) is 5.91 Å². The first-order valence-corrected chi connectivity index (χ1v) is 9.21. The van der Waals surface area contributed by atoms with E-state index in [-0.39, 0.29) is 5.91 Å². The van der Waals surface area contributed by atoms with Crippen molar-refractivity contribution in [2.24, 2.45) is 0 Å². The highest BCUT2D eigenvalue weighted by atomic mass is 32.1. The quantitative estimate of drug-likeness (QED) is 0.784. The van der Waals surface area contributed by atoms with Gasteiger partial charge in [0.15, 0.2) is 0 Å². The molecule has 0 saturated heterocycles. The summed E-state index contributed by atoms with van der Waals surface area (Å²) in [7, 11) is 1.83. The van der Waals surface area contributed by atoms with Crippen LogP contribution in [-0.4, -0.2) is 24.5 Å². The molecule has 0 fully saturated rings. The minimum atomic E-state index is 0.0301. The van der Waals surface area contributed by atoms with Crippen molar-refractivity contribution >= 4 is 22.9 Å². The molecule has 0 aliphatic carbocycles. The molecule has 1 N–H and O–H groups in total. The monoisotopic (exact) mass is 349 g/mol. The number of thiazole rings is 1. The van der Waals surface area contributed by atoms with E-state index in [4.69, 9.17) is 0 Å². The Labute approximate surface area is 151 Å². The summed E-state index contributed by atoms with van der Waals surface area (Å²) in [6, 6.07) is 14.0. The lowest BCUT2D eigenvalue weighted by Gasteiger charge is -2.23. The van der Waals surface area contributed by atoms with Crippen LogP contribution in [0.5, 0.6) is 0 Å². The third-order valence-electron chi connectivity index (χ3n) is 4.61. The Morgan fingerprint density at radius 3 is 2.80 bits per heavy atom. The second-order valence-electron chi connectivity index (χ2n) is 6.12. The third-order valence-corrected chi connectivity index (χ3v) is 5.44. The van der Waals surface area contributed by atoms with Gasteiger partial charge in [-0.15, -0.1) is 11.3 Å². The predicted octanol–water partition coefficient (Wildman–Crippen LogP) is 3.73. The summed E-state index contributed by atoms with van der Waals surface area (Å²) < 4.78 is 0. The first kappa shape index (κ1) is 16.0. The molecule has 3 aromatic rings. The van der Waals surface area contributed by atoms with E-state index in [2.05, 4.69) is 16.4 Å². The number of amides is 1. The van der Waals surface area contributed by atoms with E-state index >= 15 is 0 Å². The highest BCUT2D eigenvalue weighted by Crippen LogP contribution is 2.26. The van der Waals surface area contributed by atoms with Crippen molar-refractivity contribution in [2.45, 2.75) is 13.0 Å². The van der Waals surface area contributed by atoms with E-state index < -0.39 is 0 Å². The molecule has 0 saturated carbocycles. The van der Waals surface area contributed by atoms with Crippen LogP contribution in [0.25, 0.3) is 10.6 Å². The molecule has 0 radical (unpaired) electrons. The van der Waals surface area contributed by atoms with Crippen LogP contribution in [0.1, 0.15) is 21.5 Å². The van der Waals surface area contributed by atoms with Crippen LogP contribution in [0.4, 0.5) is 5.69 Å². The maximum atomic E-state index is 13.0. The van der Waals surface area contributed by atoms with Gasteiger partial charge in [-0.25, -0.2) is 4.98 Å². The highest BCUT2D eigenvalue weighted by Gasteiger charge is 2.20. The number of fused-ring (bicyclic) bond motifs is 1. The number of nitrogens with zero attached hydrogens (tertiary/aromatic N) is 2. The van der Waals surface area contributed by atoms with Crippen molar-refractivity contribution in [3.8, 4) is 10.6 Å². The molecule has 4 rings (SSSR count). The first-order chi connectivity index (χ1) is 12.2. The van der Waals surface area contributed by atoms with Crippen LogP contribution in [0.2, 0.25) is 0 Å². The summed E-state index contributed by atoms with van der Waals surface area (Å²) in [4.78, 5) is 19.1.